The molecule has 7 heteroatoms. The van der Waals surface area contributed by atoms with Gasteiger partial charge in [-0.3, -0.25) is 0 Å². The van der Waals surface area contributed by atoms with Gasteiger partial charge in [0.2, 0.25) is 0 Å². The van der Waals surface area contributed by atoms with Crippen LogP contribution in [0.25, 0.3) is 10.9 Å². The first kappa shape index (κ1) is 26.0. The largest absolute Gasteiger partial charge is 0.363 e. The highest BCUT2D eigenvalue weighted by Crippen LogP contribution is 2.47. The first-order chi connectivity index (χ1) is 17.0. The van der Waals surface area contributed by atoms with E-state index in [1.54, 1.807) is 6.92 Å². The minimum atomic E-state index is -3.26. The molecule has 0 bridgehead atoms. The normalized spacial score (nSPS) is 16.7. The van der Waals surface area contributed by atoms with Crippen LogP contribution in [-0.4, -0.2) is 17.0 Å². The van der Waals surface area contributed by atoms with E-state index in [9.17, 15) is 8.78 Å². The molecule has 1 N–H and O–H groups in total. The molecule has 0 fully saturated rings. The van der Waals surface area contributed by atoms with E-state index in [-0.39, 0.29) is 11.5 Å². The number of hydrogen-bond acceptors (Lipinski definition) is 4. The first-order valence-corrected chi connectivity index (χ1v) is 12.6. The Morgan fingerprint density at radius 3 is 2.56 bits per heavy atom. The fourth-order valence-electron chi connectivity index (χ4n) is 5.01. The molecule has 36 heavy (non-hydrogen) atoms. The van der Waals surface area contributed by atoms with Gasteiger partial charge < -0.3 is 10.2 Å². The van der Waals surface area contributed by atoms with Crippen LogP contribution in [-0.2, 0) is 5.92 Å². The lowest BCUT2D eigenvalue weighted by molar-refractivity contribution is -0.0545. The van der Waals surface area contributed by atoms with Crippen molar-refractivity contribution in [3.63, 3.8) is 0 Å². The van der Waals surface area contributed by atoms with E-state index in [1.165, 1.54) is 31.5 Å². The molecule has 3 aromatic rings. The molecule has 2 heterocycles. The van der Waals surface area contributed by atoms with E-state index in [1.807, 2.05) is 14.0 Å². The number of aryl methyl sites for hydroxylation is 1. The van der Waals surface area contributed by atoms with Crippen molar-refractivity contribution in [2.24, 2.45) is 5.92 Å². The van der Waals surface area contributed by atoms with Gasteiger partial charge in [0.25, 0.3) is 5.92 Å². The summed E-state index contributed by atoms with van der Waals surface area (Å²) >= 11 is 0. The number of nitrogens with zero attached hydrogens (tertiary/aromatic N) is 3. The Morgan fingerprint density at radius 2 is 1.89 bits per heavy atom. The summed E-state index contributed by atoms with van der Waals surface area (Å²) < 4.78 is 44.7. The molecule has 1 unspecified atom stereocenters. The monoisotopic (exact) mass is 496 g/mol. The second kappa shape index (κ2) is 9.75. The number of rotatable bonds is 8. The lowest BCUT2D eigenvalue weighted by atomic mass is 9.92. The van der Waals surface area contributed by atoms with Crippen LogP contribution >= 0.6 is 0 Å². The van der Waals surface area contributed by atoms with Crippen LogP contribution in [0.1, 0.15) is 81.4 Å². The smallest absolute Gasteiger partial charge is 0.278 e. The number of benzene rings is 2. The van der Waals surface area contributed by atoms with Gasteiger partial charge in [0.05, 0.1) is 17.1 Å². The average molecular weight is 497 g/mol. The van der Waals surface area contributed by atoms with Crippen LogP contribution in [0.4, 0.5) is 24.7 Å². The second-order valence-electron chi connectivity index (χ2n) is 10.1. The first-order valence-electron chi connectivity index (χ1n) is 12.6. The van der Waals surface area contributed by atoms with E-state index < -0.39 is 29.3 Å². The Bertz CT molecular complexity index is 1300. The van der Waals surface area contributed by atoms with Crippen molar-refractivity contribution in [1.29, 1.82) is 0 Å². The molecule has 192 valence electrons. The number of alkyl halides is 2. The summed E-state index contributed by atoms with van der Waals surface area (Å²) in [5.74, 6) is -3.80. The standard InChI is InChI=1S/C29H35F3N4/c1-8-9-11-21-18(5)36(7)26-15-23-25(14-22(21)26)34-19(6)35-28(23)33-17(4)20-12-10-13-24(27(20)30)29(31,32)16(2)3/h10,12-17,21H,5,8-9,11H2,1-4,6-7H3,(H,33,34,35)/t17-,21?/m1/s1. The molecule has 1 aliphatic heterocycles. The van der Waals surface area contributed by atoms with Crippen molar-refractivity contribution in [3.05, 3.63) is 70.9 Å². The maximum atomic E-state index is 15.3. The van der Waals surface area contributed by atoms with Gasteiger partial charge in [-0.15, -0.1) is 0 Å². The fraction of sp³-hybridized carbons (Fsp3) is 0.448. The summed E-state index contributed by atoms with van der Waals surface area (Å²) in [5.41, 5.74) is 3.70. The van der Waals surface area contributed by atoms with Crippen molar-refractivity contribution in [3.8, 4) is 0 Å². The SMILES string of the molecule is C=C1C(CCCC)c2cc3nc(C)nc(N[C@H](C)c4cccc(C(F)(F)C(C)C)c4F)c3cc2N1C. The van der Waals surface area contributed by atoms with Crippen LogP contribution in [0, 0.1) is 18.7 Å². The minimum Gasteiger partial charge on any atom is -0.363 e. The number of allylic oxidation sites excluding steroid dienone is 1. The average Bonchev–Trinajstić information content (AvgIpc) is 3.05. The maximum Gasteiger partial charge on any atom is 0.278 e. The topological polar surface area (TPSA) is 41.1 Å². The van der Waals surface area contributed by atoms with E-state index in [2.05, 4.69) is 45.8 Å². The molecule has 2 aromatic carbocycles. The van der Waals surface area contributed by atoms with Gasteiger partial charge in [-0.25, -0.2) is 23.1 Å². The number of halogens is 3. The molecular formula is C29H35F3N4. The predicted molar refractivity (Wildman–Crippen MR) is 141 cm³/mol. The summed E-state index contributed by atoms with van der Waals surface area (Å²) in [5, 5.41) is 4.07. The Kier molecular flexibility index (Phi) is 7.04. The molecule has 4 nitrogen and oxygen atoms in total. The van der Waals surface area contributed by atoms with E-state index >= 15 is 4.39 Å². The molecule has 0 radical (unpaired) electrons. The van der Waals surface area contributed by atoms with Crippen molar-refractivity contribution >= 4 is 22.4 Å². The van der Waals surface area contributed by atoms with Gasteiger partial charge in [-0.2, -0.15) is 0 Å². The molecule has 0 saturated carbocycles. The van der Waals surface area contributed by atoms with Crippen LogP contribution in [0.2, 0.25) is 0 Å². The molecule has 4 rings (SSSR count). The van der Waals surface area contributed by atoms with Gasteiger partial charge in [0, 0.05) is 41.2 Å². The highest BCUT2D eigenvalue weighted by atomic mass is 19.3. The third kappa shape index (κ3) is 4.44. The lowest BCUT2D eigenvalue weighted by Gasteiger charge is -2.24. The predicted octanol–water partition coefficient (Wildman–Crippen LogP) is 8.24. The molecule has 0 saturated heterocycles. The number of anilines is 2. The van der Waals surface area contributed by atoms with Crippen LogP contribution in [0.3, 0.4) is 0 Å². The summed E-state index contributed by atoms with van der Waals surface area (Å²) in [4.78, 5) is 11.4. The quantitative estimate of drug-likeness (QED) is 0.341. The Labute approximate surface area is 211 Å². The van der Waals surface area contributed by atoms with E-state index in [0.717, 1.165) is 47.6 Å². The second-order valence-corrected chi connectivity index (χ2v) is 10.1. The zero-order valence-corrected chi connectivity index (χ0v) is 21.9. The summed E-state index contributed by atoms with van der Waals surface area (Å²) in [6.45, 7) is 12.8. The molecular weight excluding hydrogens is 461 g/mol. The van der Waals surface area contributed by atoms with Gasteiger partial charge >= 0.3 is 0 Å². The summed E-state index contributed by atoms with van der Waals surface area (Å²) in [6.07, 6.45) is 3.26. The van der Waals surface area contributed by atoms with Gasteiger partial charge in [0.15, 0.2) is 0 Å². The highest BCUT2D eigenvalue weighted by Gasteiger charge is 2.39. The number of fused-ring (bicyclic) bond motifs is 2. The van der Waals surface area contributed by atoms with Crippen LogP contribution in [0.5, 0.6) is 0 Å². The van der Waals surface area contributed by atoms with Crippen molar-refractivity contribution < 1.29 is 13.2 Å². The van der Waals surface area contributed by atoms with Crippen LogP contribution < -0.4 is 10.2 Å². The number of hydrogen-bond donors (Lipinski definition) is 1. The zero-order valence-electron chi connectivity index (χ0n) is 21.9. The molecule has 0 spiro atoms. The highest BCUT2D eigenvalue weighted by molar-refractivity contribution is 5.94. The molecule has 1 aromatic heterocycles. The Morgan fingerprint density at radius 1 is 1.17 bits per heavy atom. The fourth-order valence-corrected chi connectivity index (χ4v) is 5.01. The lowest BCUT2D eigenvalue weighted by Crippen LogP contribution is -2.24. The summed E-state index contributed by atoms with van der Waals surface area (Å²) in [7, 11) is 2.01. The van der Waals surface area contributed by atoms with Gasteiger partial charge in [-0.1, -0.05) is 58.4 Å². The van der Waals surface area contributed by atoms with Crippen molar-refractivity contribution in [1.82, 2.24) is 9.97 Å². The van der Waals surface area contributed by atoms with Crippen molar-refractivity contribution in [2.75, 3.05) is 17.3 Å². The molecule has 2 atom stereocenters. The molecule has 0 aliphatic carbocycles. The summed E-state index contributed by atoms with van der Waals surface area (Å²) in [6, 6.07) is 7.75. The third-order valence-corrected chi connectivity index (χ3v) is 7.30. The number of likely N-dealkylation sites (N-methyl/N-ethyl adjacent to an activating group) is 1. The number of aromatic nitrogens is 2. The van der Waals surface area contributed by atoms with Crippen molar-refractivity contribution in [2.45, 2.75) is 71.8 Å². The third-order valence-electron chi connectivity index (χ3n) is 7.30. The number of nitrogens with one attached hydrogen (secondary N) is 1. The van der Waals surface area contributed by atoms with Gasteiger partial charge in [0.1, 0.15) is 17.5 Å². The van der Waals surface area contributed by atoms with E-state index in [4.69, 9.17) is 0 Å². The molecule has 0 amide bonds. The maximum absolute atomic E-state index is 15.3. The van der Waals surface area contributed by atoms with E-state index in [0.29, 0.717) is 11.6 Å². The Balaban J connectivity index is 1.75. The zero-order chi connectivity index (χ0) is 26.4. The Hall–Kier alpha value is -3.09. The van der Waals surface area contributed by atoms with Gasteiger partial charge in [-0.05, 0) is 38.0 Å². The van der Waals surface area contributed by atoms with Crippen LogP contribution in [0.15, 0.2) is 42.6 Å². The minimum absolute atomic E-state index is 0.170. The molecule has 1 aliphatic rings. The number of unbranched alkanes of at least 4 members (excludes halogenated alkanes) is 1.